The lowest BCUT2D eigenvalue weighted by atomic mass is 10.2. The summed E-state index contributed by atoms with van der Waals surface area (Å²) < 4.78 is 7.05. The molecule has 0 atom stereocenters. The first-order valence-electron chi connectivity index (χ1n) is 8.75. The lowest BCUT2D eigenvalue weighted by Crippen LogP contribution is -2.15. The molecule has 1 aromatic heterocycles. The molecule has 0 aliphatic heterocycles. The first-order chi connectivity index (χ1) is 13.0. The average molecular weight is 388 g/mol. The molecule has 1 heterocycles. The molecule has 0 unspecified atom stereocenters. The molecule has 0 saturated carbocycles. The summed E-state index contributed by atoms with van der Waals surface area (Å²) in [6.45, 7) is 8.62. The van der Waals surface area contributed by atoms with Crippen LogP contribution in [0.5, 0.6) is 0 Å². The molecule has 2 rings (SSSR count). The van der Waals surface area contributed by atoms with Crippen LogP contribution < -0.4 is 5.32 Å². The molecular weight excluding hydrogens is 364 g/mol. The summed E-state index contributed by atoms with van der Waals surface area (Å²) in [5.74, 6) is 0.466. The van der Waals surface area contributed by atoms with Crippen LogP contribution in [0.3, 0.4) is 0 Å². The Kier molecular flexibility index (Phi) is 8.06. The Morgan fingerprint density at radius 3 is 2.70 bits per heavy atom. The third kappa shape index (κ3) is 6.25. The van der Waals surface area contributed by atoms with Crippen LogP contribution in [-0.4, -0.2) is 39.0 Å². The summed E-state index contributed by atoms with van der Waals surface area (Å²) >= 11 is 1.31. The highest BCUT2D eigenvalue weighted by atomic mass is 32.2. The van der Waals surface area contributed by atoms with Crippen molar-refractivity contribution in [2.75, 3.05) is 17.7 Å². The molecule has 0 radical (unpaired) electrons. The molecule has 0 saturated heterocycles. The van der Waals surface area contributed by atoms with Gasteiger partial charge < -0.3 is 14.6 Å². The molecule has 7 nitrogen and oxygen atoms in total. The van der Waals surface area contributed by atoms with Crippen molar-refractivity contribution in [1.29, 1.82) is 0 Å². The van der Waals surface area contributed by atoms with E-state index in [-0.39, 0.29) is 17.6 Å². The largest absolute Gasteiger partial charge is 0.462 e. The number of unbranched alkanes of at least 4 members (excludes halogenated alkanes) is 1. The fourth-order valence-electron chi connectivity index (χ4n) is 2.22. The molecule has 0 aliphatic carbocycles. The zero-order valence-electron chi connectivity index (χ0n) is 15.6. The van der Waals surface area contributed by atoms with Gasteiger partial charge >= 0.3 is 5.97 Å². The Morgan fingerprint density at radius 1 is 1.30 bits per heavy atom. The van der Waals surface area contributed by atoms with Crippen molar-refractivity contribution in [1.82, 2.24) is 14.8 Å². The summed E-state index contributed by atoms with van der Waals surface area (Å²) in [6.07, 6.45) is 3.58. The maximum Gasteiger partial charge on any atom is 0.338 e. The Labute approximate surface area is 163 Å². The van der Waals surface area contributed by atoms with Crippen LogP contribution in [0.2, 0.25) is 0 Å². The number of aromatic nitrogens is 3. The standard InChI is InChI=1S/C19H24N4O3S/c1-4-6-12-26-18(25)15-7-9-16(10-8-15)20-17(24)13-27-19-22-21-14(3)23(19)11-5-2/h5,7-10H,2,4,6,11-13H2,1,3H3,(H,20,24). The maximum absolute atomic E-state index is 12.2. The van der Waals surface area contributed by atoms with E-state index < -0.39 is 0 Å². The van der Waals surface area contributed by atoms with Crippen LogP contribution in [0, 0.1) is 6.92 Å². The van der Waals surface area contributed by atoms with E-state index in [1.807, 2.05) is 18.4 Å². The van der Waals surface area contributed by atoms with Crippen molar-refractivity contribution in [2.45, 2.75) is 38.4 Å². The molecule has 0 fully saturated rings. The number of hydrogen-bond acceptors (Lipinski definition) is 6. The number of rotatable bonds is 10. The van der Waals surface area contributed by atoms with E-state index in [0.29, 0.717) is 29.6 Å². The molecule has 1 N–H and O–H groups in total. The Bertz CT molecular complexity index is 787. The van der Waals surface area contributed by atoms with Gasteiger partial charge in [0.1, 0.15) is 5.82 Å². The highest BCUT2D eigenvalue weighted by Crippen LogP contribution is 2.18. The van der Waals surface area contributed by atoms with Crippen LogP contribution in [0.4, 0.5) is 5.69 Å². The van der Waals surface area contributed by atoms with E-state index in [0.717, 1.165) is 18.7 Å². The van der Waals surface area contributed by atoms with Gasteiger partial charge in [-0.25, -0.2) is 4.79 Å². The number of nitrogens with one attached hydrogen (secondary N) is 1. The van der Waals surface area contributed by atoms with Crippen LogP contribution in [0.1, 0.15) is 35.9 Å². The van der Waals surface area contributed by atoms with Crippen LogP contribution in [0.15, 0.2) is 42.1 Å². The van der Waals surface area contributed by atoms with Crippen molar-refractivity contribution in [2.24, 2.45) is 0 Å². The quantitative estimate of drug-likeness (QED) is 0.290. The second kappa shape index (κ2) is 10.5. The van der Waals surface area contributed by atoms with Gasteiger partial charge in [0.15, 0.2) is 5.16 Å². The number of nitrogens with zero attached hydrogens (tertiary/aromatic N) is 3. The van der Waals surface area contributed by atoms with Gasteiger partial charge in [0.05, 0.1) is 17.9 Å². The smallest absolute Gasteiger partial charge is 0.338 e. The fraction of sp³-hybridized carbons (Fsp3) is 0.368. The Morgan fingerprint density at radius 2 is 2.04 bits per heavy atom. The van der Waals surface area contributed by atoms with Gasteiger partial charge in [-0.1, -0.05) is 31.2 Å². The fourth-order valence-corrected chi connectivity index (χ4v) is 3.01. The lowest BCUT2D eigenvalue weighted by molar-refractivity contribution is -0.113. The predicted octanol–water partition coefficient (Wildman–Crippen LogP) is 3.46. The van der Waals surface area contributed by atoms with Crippen LogP contribution >= 0.6 is 11.8 Å². The van der Waals surface area contributed by atoms with E-state index in [4.69, 9.17) is 4.74 Å². The third-order valence-electron chi connectivity index (χ3n) is 3.68. The van der Waals surface area contributed by atoms with Gasteiger partial charge in [-0.05, 0) is 37.6 Å². The third-order valence-corrected chi connectivity index (χ3v) is 4.65. The van der Waals surface area contributed by atoms with E-state index in [1.54, 1.807) is 30.3 Å². The van der Waals surface area contributed by atoms with Crippen LogP contribution in [0.25, 0.3) is 0 Å². The summed E-state index contributed by atoms with van der Waals surface area (Å²) in [7, 11) is 0. The SMILES string of the molecule is C=CCn1c(C)nnc1SCC(=O)Nc1ccc(C(=O)OCCCC)cc1. The number of anilines is 1. The number of esters is 1. The second-order valence-corrected chi connectivity index (χ2v) is 6.78. The predicted molar refractivity (Wildman–Crippen MR) is 106 cm³/mol. The van der Waals surface area contributed by atoms with Gasteiger partial charge in [0.25, 0.3) is 0 Å². The minimum atomic E-state index is -0.353. The summed E-state index contributed by atoms with van der Waals surface area (Å²) in [4.78, 5) is 24.0. The molecule has 27 heavy (non-hydrogen) atoms. The average Bonchev–Trinajstić information content (AvgIpc) is 3.01. The normalized spacial score (nSPS) is 10.4. The zero-order chi connectivity index (χ0) is 19.6. The maximum atomic E-state index is 12.2. The molecule has 0 aliphatic rings. The van der Waals surface area contributed by atoms with Crippen LogP contribution in [-0.2, 0) is 16.1 Å². The first-order valence-corrected chi connectivity index (χ1v) is 9.74. The zero-order valence-corrected chi connectivity index (χ0v) is 16.4. The minimum absolute atomic E-state index is 0.163. The number of aryl methyl sites for hydroxylation is 1. The van der Waals surface area contributed by atoms with E-state index in [9.17, 15) is 9.59 Å². The topological polar surface area (TPSA) is 86.1 Å². The molecular formula is C19H24N4O3S. The minimum Gasteiger partial charge on any atom is -0.462 e. The van der Waals surface area contributed by atoms with Gasteiger partial charge in [-0.2, -0.15) is 0 Å². The Balaban J connectivity index is 1.85. The van der Waals surface area contributed by atoms with Crippen molar-refractivity contribution >= 4 is 29.3 Å². The Hall–Kier alpha value is -2.61. The number of ether oxygens (including phenoxy) is 1. The first kappa shape index (κ1) is 20.7. The van der Waals surface area contributed by atoms with Crippen molar-refractivity contribution in [3.05, 3.63) is 48.3 Å². The molecule has 1 aromatic carbocycles. The van der Waals surface area contributed by atoms with Crippen molar-refractivity contribution in [3.63, 3.8) is 0 Å². The second-order valence-electron chi connectivity index (χ2n) is 5.83. The number of amides is 1. The van der Waals surface area contributed by atoms with Gasteiger partial charge in [-0.3, -0.25) is 4.79 Å². The van der Waals surface area contributed by atoms with Gasteiger partial charge in [-0.15, -0.1) is 16.8 Å². The number of hydrogen-bond donors (Lipinski definition) is 1. The van der Waals surface area contributed by atoms with Crippen molar-refractivity contribution in [3.8, 4) is 0 Å². The number of carbonyl (C=O) groups is 2. The van der Waals surface area contributed by atoms with E-state index >= 15 is 0 Å². The van der Waals surface area contributed by atoms with E-state index in [1.165, 1.54) is 11.8 Å². The molecule has 2 aromatic rings. The molecule has 144 valence electrons. The highest BCUT2D eigenvalue weighted by molar-refractivity contribution is 7.99. The van der Waals surface area contributed by atoms with Gasteiger partial charge in [0.2, 0.25) is 5.91 Å². The number of allylic oxidation sites excluding steroid dienone is 1. The molecule has 8 heteroatoms. The summed E-state index contributed by atoms with van der Waals surface area (Å²) in [6, 6.07) is 6.65. The highest BCUT2D eigenvalue weighted by Gasteiger charge is 2.12. The molecule has 0 bridgehead atoms. The number of carbonyl (C=O) groups excluding carboxylic acids is 2. The summed E-state index contributed by atoms with van der Waals surface area (Å²) in [5, 5.41) is 11.6. The van der Waals surface area contributed by atoms with E-state index in [2.05, 4.69) is 22.1 Å². The van der Waals surface area contributed by atoms with Gasteiger partial charge in [0, 0.05) is 12.2 Å². The summed E-state index contributed by atoms with van der Waals surface area (Å²) in [5.41, 5.74) is 1.08. The van der Waals surface area contributed by atoms with Crippen molar-refractivity contribution < 1.29 is 14.3 Å². The molecule has 0 spiro atoms. The monoisotopic (exact) mass is 388 g/mol. The molecule has 1 amide bonds. The number of thioether (sulfide) groups is 1. The number of benzene rings is 1. The lowest BCUT2D eigenvalue weighted by Gasteiger charge is -2.08.